The molecule has 0 unspecified atom stereocenters. The van der Waals surface area contributed by atoms with Crippen molar-refractivity contribution in [3.05, 3.63) is 65.7 Å². The van der Waals surface area contributed by atoms with Crippen LogP contribution in [0.4, 0.5) is 0 Å². The van der Waals surface area contributed by atoms with Crippen LogP contribution < -0.4 is 5.32 Å². The minimum atomic E-state index is -0.725. The van der Waals surface area contributed by atoms with Crippen molar-refractivity contribution in [3.8, 4) is 5.75 Å². The molecule has 0 bridgehead atoms. The number of nitrogens with zero attached hydrogens (tertiary/aromatic N) is 1. The van der Waals surface area contributed by atoms with Crippen LogP contribution in [0.25, 0.3) is 0 Å². The molecule has 31 heavy (non-hydrogen) atoms. The molecule has 0 aromatic heterocycles. The topological polar surface area (TPSA) is 86.7 Å². The second-order valence-electron chi connectivity index (χ2n) is 8.32. The molecule has 0 radical (unpaired) electrons. The Morgan fingerprint density at radius 2 is 1.68 bits per heavy atom. The van der Waals surface area contributed by atoms with Crippen LogP contribution >= 0.6 is 0 Å². The number of hydrogen-bond acceptors (Lipinski definition) is 4. The first kappa shape index (κ1) is 22.5. The number of Topliss-reactive ketones (excluding diaryl/α,β-unsaturated/α-hetero) is 1. The van der Waals surface area contributed by atoms with Gasteiger partial charge in [-0.1, -0.05) is 49.4 Å². The number of carbonyl (C=O) groups excluding carboxylic acids is 3. The Balaban J connectivity index is 1.73. The first-order valence-corrected chi connectivity index (χ1v) is 10.8. The van der Waals surface area contributed by atoms with Gasteiger partial charge in [-0.05, 0) is 49.4 Å². The van der Waals surface area contributed by atoms with Crippen LogP contribution in [-0.2, 0) is 27.2 Å². The van der Waals surface area contributed by atoms with Crippen LogP contribution in [0.3, 0.4) is 0 Å². The summed E-state index contributed by atoms with van der Waals surface area (Å²) in [5.74, 6) is -0.596. The van der Waals surface area contributed by atoms with Gasteiger partial charge in [-0.3, -0.25) is 14.4 Å². The van der Waals surface area contributed by atoms with Crippen molar-refractivity contribution in [1.29, 1.82) is 0 Å². The van der Waals surface area contributed by atoms with Gasteiger partial charge in [0.15, 0.2) is 5.78 Å². The van der Waals surface area contributed by atoms with E-state index < -0.39 is 12.1 Å². The molecule has 164 valence electrons. The third-order valence-corrected chi connectivity index (χ3v) is 5.83. The average molecular weight is 423 g/mol. The number of aromatic hydroxyl groups is 1. The zero-order valence-electron chi connectivity index (χ0n) is 18.1. The van der Waals surface area contributed by atoms with Crippen molar-refractivity contribution in [2.24, 2.45) is 5.92 Å². The predicted molar refractivity (Wildman–Crippen MR) is 118 cm³/mol. The Kier molecular flexibility index (Phi) is 7.45. The number of carbonyl (C=O) groups is 3. The molecule has 2 aromatic rings. The van der Waals surface area contributed by atoms with Gasteiger partial charge in [0.25, 0.3) is 0 Å². The molecular formula is C25H30N2O4. The Morgan fingerprint density at radius 3 is 2.32 bits per heavy atom. The molecule has 6 nitrogen and oxygen atoms in total. The highest BCUT2D eigenvalue weighted by molar-refractivity contribution is 5.93. The molecule has 2 N–H and O–H groups in total. The molecule has 3 atom stereocenters. The molecule has 1 aliphatic heterocycles. The molecule has 1 heterocycles. The summed E-state index contributed by atoms with van der Waals surface area (Å²) in [5.41, 5.74) is 1.88. The summed E-state index contributed by atoms with van der Waals surface area (Å²) in [6.45, 7) is 3.87. The Morgan fingerprint density at radius 1 is 1.03 bits per heavy atom. The van der Waals surface area contributed by atoms with Crippen LogP contribution in [0.2, 0.25) is 0 Å². The van der Waals surface area contributed by atoms with Crippen LogP contribution in [0.15, 0.2) is 54.6 Å². The van der Waals surface area contributed by atoms with Crippen LogP contribution in [-0.4, -0.2) is 46.2 Å². The van der Waals surface area contributed by atoms with Crippen molar-refractivity contribution in [3.63, 3.8) is 0 Å². The number of likely N-dealkylation sites (tertiary alicyclic amines) is 1. The van der Waals surface area contributed by atoms with Crippen molar-refractivity contribution in [2.75, 3.05) is 6.54 Å². The number of phenolic OH excluding ortho intramolecular Hbond substituents is 1. The van der Waals surface area contributed by atoms with Crippen molar-refractivity contribution in [2.45, 2.75) is 51.6 Å². The molecule has 0 aliphatic carbocycles. The summed E-state index contributed by atoms with van der Waals surface area (Å²) in [7, 11) is 0. The van der Waals surface area contributed by atoms with Crippen molar-refractivity contribution in [1.82, 2.24) is 10.2 Å². The average Bonchev–Trinajstić information content (AvgIpc) is 3.25. The fraction of sp³-hybridized carbons (Fsp3) is 0.400. The summed E-state index contributed by atoms with van der Waals surface area (Å²) in [6, 6.07) is 15.2. The van der Waals surface area contributed by atoms with E-state index in [1.807, 2.05) is 37.3 Å². The quantitative estimate of drug-likeness (QED) is 0.685. The monoisotopic (exact) mass is 422 g/mol. The van der Waals surface area contributed by atoms with E-state index in [2.05, 4.69) is 5.32 Å². The lowest BCUT2D eigenvalue weighted by molar-refractivity contribution is -0.140. The van der Waals surface area contributed by atoms with E-state index in [4.69, 9.17) is 0 Å². The van der Waals surface area contributed by atoms with Gasteiger partial charge < -0.3 is 15.3 Å². The molecule has 0 spiro atoms. The largest absolute Gasteiger partial charge is 0.508 e. The fourth-order valence-electron chi connectivity index (χ4n) is 4.10. The maximum absolute atomic E-state index is 13.3. The van der Waals surface area contributed by atoms with Crippen LogP contribution in [0.1, 0.15) is 37.8 Å². The lowest BCUT2D eigenvalue weighted by Gasteiger charge is -2.29. The summed E-state index contributed by atoms with van der Waals surface area (Å²) in [5, 5.41) is 12.4. The molecule has 0 saturated carbocycles. The van der Waals surface area contributed by atoms with E-state index in [1.165, 1.54) is 6.92 Å². The molecule has 2 amide bonds. The van der Waals surface area contributed by atoms with E-state index in [0.29, 0.717) is 25.8 Å². The van der Waals surface area contributed by atoms with Crippen molar-refractivity contribution < 1.29 is 19.5 Å². The zero-order chi connectivity index (χ0) is 22.4. The SMILES string of the molecule is CC(=O)[C@@H]1CCCN1C(=O)[C@H](Cc1ccccc1)NC(=O)[C@@H](C)Cc1ccc(O)cc1. The van der Waals surface area contributed by atoms with E-state index in [1.54, 1.807) is 29.2 Å². The van der Waals surface area contributed by atoms with Gasteiger partial charge in [-0.15, -0.1) is 0 Å². The molecular weight excluding hydrogens is 392 g/mol. The number of nitrogens with one attached hydrogen (secondary N) is 1. The minimum absolute atomic E-state index is 0.0173. The van der Waals surface area contributed by atoms with Crippen LogP contribution in [0, 0.1) is 5.92 Å². The van der Waals surface area contributed by atoms with Crippen molar-refractivity contribution >= 4 is 17.6 Å². The first-order chi connectivity index (χ1) is 14.8. The van der Waals surface area contributed by atoms with E-state index >= 15 is 0 Å². The van der Waals surface area contributed by atoms with E-state index in [0.717, 1.165) is 17.5 Å². The summed E-state index contributed by atoms with van der Waals surface area (Å²) >= 11 is 0. The summed E-state index contributed by atoms with van der Waals surface area (Å²) < 4.78 is 0. The van der Waals surface area contributed by atoms with E-state index in [9.17, 15) is 19.5 Å². The highest BCUT2D eigenvalue weighted by Crippen LogP contribution is 2.21. The van der Waals surface area contributed by atoms with Gasteiger partial charge in [0.2, 0.25) is 11.8 Å². The molecule has 1 fully saturated rings. The normalized spacial score (nSPS) is 17.7. The fourth-order valence-corrected chi connectivity index (χ4v) is 4.10. The lowest BCUT2D eigenvalue weighted by atomic mass is 9.98. The predicted octanol–water partition coefficient (Wildman–Crippen LogP) is 2.88. The first-order valence-electron chi connectivity index (χ1n) is 10.8. The number of rotatable bonds is 8. The smallest absolute Gasteiger partial charge is 0.246 e. The maximum atomic E-state index is 13.3. The summed E-state index contributed by atoms with van der Waals surface area (Å²) in [6.07, 6.45) is 2.33. The number of amides is 2. The molecule has 2 aromatic carbocycles. The van der Waals surface area contributed by atoms with Gasteiger partial charge in [-0.25, -0.2) is 0 Å². The van der Waals surface area contributed by atoms with Gasteiger partial charge >= 0.3 is 0 Å². The van der Waals surface area contributed by atoms with Crippen LogP contribution in [0.5, 0.6) is 5.75 Å². The third-order valence-electron chi connectivity index (χ3n) is 5.83. The Hall–Kier alpha value is -3.15. The minimum Gasteiger partial charge on any atom is -0.508 e. The second-order valence-corrected chi connectivity index (χ2v) is 8.32. The third kappa shape index (κ3) is 5.94. The maximum Gasteiger partial charge on any atom is 0.246 e. The molecule has 1 saturated heterocycles. The Bertz CT molecular complexity index is 911. The van der Waals surface area contributed by atoms with Gasteiger partial charge in [0.1, 0.15) is 11.8 Å². The van der Waals surface area contributed by atoms with Gasteiger partial charge in [0.05, 0.1) is 6.04 Å². The zero-order valence-corrected chi connectivity index (χ0v) is 18.1. The highest BCUT2D eigenvalue weighted by atomic mass is 16.3. The number of phenols is 1. The lowest BCUT2D eigenvalue weighted by Crippen LogP contribution is -2.53. The van der Waals surface area contributed by atoms with E-state index in [-0.39, 0.29) is 29.3 Å². The molecule has 3 rings (SSSR count). The number of benzene rings is 2. The molecule has 1 aliphatic rings. The number of ketones is 1. The summed E-state index contributed by atoms with van der Waals surface area (Å²) in [4.78, 5) is 39.9. The highest BCUT2D eigenvalue weighted by Gasteiger charge is 2.36. The standard InChI is InChI=1S/C25H30N2O4/c1-17(15-20-10-12-21(29)13-11-20)24(30)26-22(16-19-7-4-3-5-8-19)25(31)27-14-6-9-23(27)18(2)28/h3-5,7-8,10-13,17,22-23,29H,6,9,14-16H2,1-2H3,(H,26,30)/t17-,22-,23-/m0/s1. The van der Waals surface area contributed by atoms with Gasteiger partial charge in [0, 0.05) is 18.9 Å². The molecule has 6 heteroatoms. The second kappa shape index (κ2) is 10.2. The van der Waals surface area contributed by atoms with Gasteiger partial charge in [-0.2, -0.15) is 0 Å². The Labute approximate surface area is 183 Å². The number of hydrogen-bond donors (Lipinski definition) is 2.